The van der Waals surface area contributed by atoms with E-state index in [1.807, 2.05) is 56.3 Å². The summed E-state index contributed by atoms with van der Waals surface area (Å²) in [6.45, 7) is 3.96. The Morgan fingerprint density at radius 1 is 1.15 bits per heavy atom. The Hall–Kier alpha value is -2.63. The Labute approximate surface area is 160 Å². The molecule has 1 aliphatic rings. The molecule has 27 heavy (non-hydrogen) atoms. The molecule has 144 valence electrons. The van der Waals surface area contributed by atoms with Gasteiger partial charge in [0.25, 0.3) is 0 Å². The van der Waals surface area contributed by atoms with Crippen molar-refractivity contribution in [1.82, 2.24) is 15.6 Å². The Bertz CT molecular complexity index is 799. The fourth-order valence-electron chi connectivity index (χ4n) is 3.14. The summed E-state index contributed by atoms with van der Waals surface area (Å²) in [5, 5.41) is 6.65. The van der Waals surface area contributed by atoms with Crippen LogP contribution in [-0.4, -0.2) is 38.1 Å². The number of guanidine groups is 1. The number of anilines is 1. The van der Waals surface area contributed by atoms with Crippen molar-refractivity contribution in [2.75, 3.05) is 32.1 Å². The van der Waals surface area contributed by atoms with Crippen molar-refractivity contribution in [3.63, 3.8) is 0 Å². The summed E-state index contributed by atoms with van der Waals surface area (Å²) < 4.78 is 14.2. The number of benzene rings is 1. The van der Waals surface area contributed by atoms with E-state index < -0.39 is 0 Å². The minimum Gasteiger partial charge on any atom is -0.363 e. The Morgan fingerprint density at radius 3 is 2.59 bits per heavy atom. The highest BCUT2D eigenvalue weighted by Crippen LogP contribution is 2.48. The second-order valence-electron chi connectivity index (χ2n) is 7.19. The zero-order chi connectivity index (χ0) is 19.3. The minimum atomic E-state index is -0.122. The zero-order valence-corrected chi connectivity index (χ0v) is 16.3. The number of hydrogen-bond acceptors (Lipinski definition) is 3. The van der Waals surface area contributed by atoms with Crippen LogP contribution in [0.15, 0.2) is 47.5 Å². The van der Waals surface area contributed by atoms with Gasteiger partial charge >= 0.3 is 0 Å². The number of hydrogen-bond donors (Lipinski definition) is 2. The van der Waals surface area contributed by atoms with Gasteiger partial charge in [-0.1, -0.05) is 24.3 Å². The van der Waals surface area contributed by atoms with Crippen LogP contribution in [0.25, 0.3) is 0 Å². The third-order valence-electron chi connectivity index (χ3n) is 4.89. The van der Waals surface area contributed by atoms with Gasteiger partial charge in [-0.3, -0.25) is 0 Å². The molecule has 0 atom stereocenters. The molecular formula is C21H28FN5. The van der Waals surface area contributed by atoms with E-state index in [9.17, 15) is 4.39 Å². The van der Waals surface area contributed by atoms with Gasteiger partial charge in [-0.25, -0.2) is 14.4 Å². The number of nitrogens with one attached hydrogen (secondary N) is 2. The van der Waals surface area contributed by atoms with Crippen LogP contribution in [0, 0.1) is 5.82 Å². The van der Waals surface area contributed by atoms with E-state index in [-0.39, 0.29) is 11.2 Å². The first-order valence-electron chi connectivity index (χ1n) is 9.44. The molecule has 0 saturated heterocycles. The molecule has 1 aromatic carbocycles. The fraction of sp³-hybridized carbons (Fsp3) is 0.429. The summed E-state index contributed by atoms with van der Waals surface area (Å²) >= 11 is 0. The molecule has 2 aromatic rings. The molecule has 0 aliphatic heterocycles. The second kappa shape index (κ2) is 8.37. The molecule has 1 heterocycles. The standard InChI is InChI=1S/C21H28FN5/c1-4-23-20(24-14-16-8-7-11-19(26-16)27(2)3)25-15-21(12-13-21)17-9-5-6-10-18(17)22/h5-11H,4,12-15H2,1-3H3,(H2,23,24,25). The minimum absolute atomic E-state index is 0.120. The van der Waals surface area contributed by atoms with Crippen molar-refractivity contribution in [1.29, 1.82) is 0 Å². The Balaban J connectivity index is 1.66. The highest BCUT2D eigenvalue weighted by atomic mass is 19.1. The molecule has 6 heteroatoms. The van der Waals surface area contributed by atoms with Crippen molar-refractivity contribution in [3.05, 3.63) is 59.5 Å². The van der Waals surface area contributed by atoms with Gasteiger partial charge in [0.05, 0.1) is 12.2 Å². The molecule has 5 nitrogen and oxygen atoms in total. The van der Waals surface area contributed by atoms with Gasteiger partial charge < -0.3 is 15.5 Å². The van der Waals surface area contributed by atoms with Gasteiger partial charge in [-0.05, 0) is 43.5 Å². The van der Waals surface area contributed by atoms with Crippen LogP contribution in [0.5, 0.6) is 0 Å². The van der Waals surface area contributed by atoms with E-state index in [2.05, 4.69) is 20.6 Å². The zero-order valence-electron chi connectivity index (χ0n) is 16.3. The average molecular weight is 369 g/mol. The van der Waals surface area contributed by atoms with Crippen molar-refractivity contribution in [3.8, 4) is 0 Å². The maximum atomic E-state index is 14.2. The molecule has 0 bridgehead atoms. The topological polar surface area (TPSA) is 52.6 Å². The molecule has 1 aliphatic carbocycles. The molecule has 0 amide bonds. The van der Waals surface area contributed by atoms with Crippen LogP contribution in [-0.2, 0) is 12.0 Å². The van der Waals surface area contributed by atoms with Crippen LogP contribution in [0.3, 0.4) is 0 Å². The molecule has 0 spiro atoms. The second-order valence-corrected chi connectivity index (χ2v) is 7.19. The monoisotopic (exact) mass is 369 g/mol. The van der Waals surface area contributed by atoms with E-state index in [1.54, 1.807) is 6.07 Å². The van der Waals surface area contributed by atoms with E-state index in [0.717, 1.165) is 42.4 Å². The van der Waals surface area contributed by atoms with Crippen molar-refractivity contribution >= 4 is 11.8 Å². The first-order valence-corrected chi connectivity index (χ1v) is 9.44. The van der Waals surface area contributed by atoms with Crippen LogP contribution >= 0.6 is 0 Å². The van der Waals surface area contributed by atoms with Gasteiger partial charge in [0.2, 0.25) is 0 Å². The molecule has 3 rings (SSSR count). The number of halogens is 1. The summed E-state index contributed by atoms with van der Waals surface area (Å²) in [4.78, 5) is 11.2. The van der Waals surface area contributed by atoms with Crippen LogP contribution in [0.4, 0.5) is 10.2 Å². The van der Waals surface area contributed by atoms with Crippen molar-refractivity contribution in [2.24, 2.45) is 4.99 Å². The lowest BCUT2D eigenvalue weighted by Crippen LogP contribution is -2.41. The predicted octanol–water partition coefficient (Wildman–Crippen LogP) is 3.07. The first-order chi connectivity index (χ1) is 13.0. The van der Waals surface area contributed by atoms with Gasteiger partial charge in [0.15, 0.2) is 5.96 Å². The molecular weight excluding hydrogens is 341 g/mol. The van der Waals surface area contributed by atoms with Gasteiger partial charge in [0.1, 0.15) is 11.6 Å². The maximum Gasteiger partial charge on any atom is 0.191 e. The van der Waals surface area contributed by atoms with Crippen LogP contribution in [0.1, 0.15) is 31.0 Å². The number of aromatic nitrogens is 1. The first kappa shape index (κ1) is 19.1. The lowest BCUT2D eigenvalue weighted by molar-refractivity contribution is 0.559. The molecule has 1 saturated carbocycles. The number of pyridine rings is 1. The highest BCUT2D eigenvalue weighted by molar-refractivity contribution is 5.80. The average Bonchev–Trinajstić information content (AvgIpc) is 3.45. The summed E-state index contributed by atoms with van der Waals surface area (Å²) in [5.74, 6) is 1.53. The van der Waals surface area contributed by atoms with Gasteiger partial charge in [-0.15, -0.1) is 0 Å². The third kappa shape index (κ3) is 4.76. The van der Waals surface area contributed by atoms with E-state index in [4.69, 9.17) is 0 Å². The fourth-order valence-corrected chi connectivity index (χ4v) is 3.14. The number of nitrogens with zero attached hydrogens (tertiary/aromatic N) is 3. The van der Waals surface area contributed by atoms with Crippen molar-refractivity contribution < 1.29 is 4.39 Å². The summed E-state index contributed by atoms with van der Waals surface area (Å²) in [6, 6.07) is 13.0. The Kier molecular flexibility index (Phi) is 5.94. The van der Waals surface area contributed by atoms with Crippen LogP contribution in [0.2, 0.25) is 0 Å². The lowest BCUT2D eigenvalue weighted by Gasteiger charge is -2.19. The molecule has 2 N–H and O–H groups in total. The van der Waals surface area contributed by atoms with E-state index in [0.29, 0.717) is 13.1 Å². The molecule has 0 unspecified atom stereocenters. The summed E-state index contributed by atoms with van der Waals surface area (Å²) in [6.07, 6.45) is 1.99. The molecule has 0 radical (unpaired) electrons. The molecule has 1 aromatic heterocycles. The quantitative estimate of drug-likeness (QED) is 0.582. The summed E-state index contributed by atoms with van der Waals surface area (Å²) in [5.41, 5.74) is 1.59. The number of aliphatic imine (C=N–C) groups is 1. The van der Waals surface area contributed by atoms with Gasteiger partial charge in [0, 0.05) is 32.6 Å². The van der Waals surface area contributed by atoms with E-state index in [1.165, 1.54) is 6.07 Å². The largest absolute Gasteiger partial charge is 0.363 e. The Morgan fingerprint density at radius 2 is 1.93 bits per heavy atom. The number of rotatable bonds is 7. The predicted molar refractivity (Wildman–Crippen MR) is 109 cm³/mol. The smallest absolute Gasteiger partial charge is 0.191 e. The highest BCUT2D eigenvalue weighted by Gasteiger charge is 2.45. The third-order valence-corrected chi connectivity index (χ3v) is 4.89. The van der Waals surface area contributed by atoms with Gasteiger partial charge in [-0.2, -0.15) is 0 Å². The lowest BCUT2D eigenvalue weighted by atomic mass is 9.95. The SMILES string of the molecule is CCNC(=NCc1cccc(N(C)C)n1)NCC1(c2ccccc2F)CC1. The summed E-state index contributed by atoms with van der Waals surface area (Å²) in [7, 11) is 3.94. The van der Waals surface area contributed by atoms with Crippen LogP contribution < -0.4 is 15.5 Å². The molecule has 1 fully saturated rings. The van der Waals surface area contributed by atoms with Crippen molar-refractivity contribution in [2.45, 2.75) is 31.7 Å². The normalized spacial score (nSPS) is 15.3. The van der Waals surface area contributed by atoms with E-state index >= 15 is 0 Å². The maximum absolute atomic E-state index is 14.2.